The summed E-state index contributed by atoms with van der Waals surface area (Å²) in [6.07, 6.45) is 58.7. The number of phosphoric acid groups is 2. The number of esters is 4. The Bertz CT molecular complexity index is 1820. The summed E-state index contributed by atoms with van der Waals surface area (Å²) in [4.78, 5) is 72.5. The van der Waals surface area contributed by atoms with Gasteiger partial charge in [-0.2, -0.15) is 0 Å². The Morgan fingerprint density at radius 3 is 0.747 bits per heavy atom. The summed E-state index contributed by atoms with van der Waals surface area (Å²) in [5, 5.41) is 10.6. The van der Waals surface area contributed by atoms with Crippen LogP contribution in [0.3, 0.4) is 0 Å². The maximum Gasteiger partial charge on any atom is 0.472 e. The lowest BCUT2D eigenvalue weighted by molar-refractivity contribution is -0.161. The molecule has 0 saturated heterocycles. The fraction of sp³-hybridized carbons (Fsp3) is 0.947. The van der Waals surface area contributed by atoms with Gasteiger partial charge in [-0.1, -0.05) is 349 Å². The van der Waals surface area contributed by atoms with Gasteiger partial charge < -0.3 is 33.8 Å². The van der Waals surface area contributed by atoms with Crippen molar-refractivity contribution in [2.45, 2.75) is 419 Å². The van der Waals surface area contributed by atoms with E-state index in [1.54, 1.807) is 0 Å². The molecule has 95 heavy (non-hydrogen) atoms. The monoisotopic (exact) mass is 1400 g/mol. The summed E-state index contributed by atoms with van der Waals surface area (Å²) in [6, 6.07) is 0. The van der Waals surface area contributed by atoms with E-state index < -0.39 is 97.5 Å². The van der Waals surface area contributed by atoms with Crippen LogP contribution >= 0.6 is 15.6 Å². The highest BCUT2D eigenvalue weighted by Crippen LogP contribution is 2.45. The zero-order valence-corrected chi connectivity index (χ0v) is 63.6. The van der Waals surface area contributed by atoms with Crippen LogP contribution in [0, 0.1) is 5.92 Å². The molecule has 3 unspecified atom stereocenters. The van der Waals surface area contributed by atoms with Gasteiger partial charge in [0, 0.05) is 25.7 Å². The molecule has 0 heterocycles. The molecule has 17 nitrogen and oxygen atoms in total. The highest BCUT2D eigenvalue weighted by Gasteiger charge is 2.30. The Hall–Kier alpha value is -1.94. The number of aliphatic hydroxyl groups excluding tert-OH is 1. The number of phosphoric ester groups is 2. The normalized spacial score (nSPS) is 14.2. The van der Waals surface area contributed by atoms with Gasteiger partial charge in [0.25, 0.3) is 0 Å². The first kappa shape index (κ1) is 93.1. The molecule has 0 rings (SSSR count). The van der Waals surface area contributed by atoms with E-state index in [0.29, 0.717) is 25.7 Å². The smallest absolute Gasteiger partial charge is 0.462 e. The third-order valence-electron chi connectivity index (χ3n) is 18.1. The van der Waals surface area contributed by atoms with Crippen LogP contribution in [0.25, 0.3) is 0 Å². The van der Waals surface area contributed by atoms with Crippen LogP contribution in [0.5, 0.6) is 0 Å². The second-order valence-corrected chi connectivity index (χ2v) is 30.5. The predicted molar refractivity (Wildman–Crippen MR) is 386 cm³/mol. The molecule has 0 fully saturated rings. The van der Waals surface area contributed by atoms with E-state index in [4.69, 9.17) is 37.0 Å². The van der Waals surface area contributed by atoms with Crippen molar-refractivity contribution in [3.8, 4) is 0 Å². The van der Waals surface area contributed by atoms with Crippen molar-refractivity contribution in [1.82, 2.24) is 0 Å². The van der Waals surface area contributed by atoms with Gasteiger partial charge in [0.2, 0.25) is 0 Å². The van der Waals surface area contributed by atoms with Crippen molar-refractivity contribution < 1.29 is 80.2 Å². The summed E-state index contributed by atoms with van der Waals surface area (Å²) in [7, 11) is -9.90. The van der Waals surface area contributed by atoms with Gasteiger partial charge in [-0.3, -0.25) is 37.3 Å². The Morgan fingerprint density at radius 2 is 0.505 bits per heavy atom. The van der Waals surface area contributed by atoms with Crippen LogP contribution in [0.15, 0.2) is 0 Å². The van der Waals surface area contributed by atoms with Crippen LogP contribution in [0.4, 0.5) is 0 Å². The lowest BCUT2D eigenvalue weighted by Crippen LogP contribution is -2.30. The number of aliphatic hydroxyl groups is 1. The maximum atomic E-state index is 13.1. The topological polar surface area (TPSA) is 237 Å². The van der Waals surface area contributed by atoms with Gasteiger partial charge in [-0.05, 0) is 31.6 Å². The second kappa shape index (κ2) is 69.2. The third kappa shape index (κ3) is 69.0. The summed E-state index contributed by atoms with van der Waals surface area (Å²) >= 11 is 0. The van der Waals surface area contributed by atoms with Gasteiger partial charge in [-0.15, -0.1) is 0 Å². The summed E-state index contributed by atoms with van der Waals surface area (Å²) in [6.45, 7) is 7.23. The molecule has 0 spiro atoms. The predicted octanol–water partition coefficient (Wildman–Crippen LogP) is 22.5. The summed E-state index contributed by atoms with van der Waals surface area (Å²) < 4.78 is 68.3. The quantitative estimate of drug-likeness (QED) is 0.0222. The SMILES string of the molecule is CCCCCCCCCCCCCCCCCCCCCCCCC(=O)O[C@H](COC(=O)CCCCCCCCCCCCC(C)CC)COP(=O)(O)OC[C@@H](O)COP(=O)(O)OC[C@@H](COC(=O)CCCCCCC)OC(=O)CCCCCCCCCCCCCCCC. The van der Waals surface area contributed by atoms with Crippen molar-refractivity contribution in [2.75, 3.05) is 39.6 Å². The molecule has 0 radical (unpaired) electrons. The first-order chi connectivity index (χ1) is 46.1. The molecule has 3 N–H and O–H groups in total. The zero-order chi connectivity index (χ0) is 69.8. The Kier molecular flexibility index (Phi) is 67.7. The van der Waals surface area contributed by atoms with Crippen LogP contribution < -0.4 is 0 Å². The van der Waals surface area contributed by atoms with Gasteiger partial charge in [0.1, 0.15) is 19.3 Å². The average molecular weight is 1400 g/mol. The molecule has 6 atom stereocenters. The van der Waals surface area contributed by atoms with E-state index in [9.17, 15) is 43.2 Å². The number of ether oxygens (including phenoxy) is 4. The van der Waals surface area contributed by atoms with Crippen LogP contribution in [0.2, 0.25) is 0 Å². The van der Waals surface area contributed by atoms with Gasteiger partial charge >= 0.3 is 39.5 Å². The van der Waals surface area contributed by atoms with E-state index in [-0.39, 0.29) is 25.7 Å². The number of carbonyl (C=O) groups excluding carboxylic acids is 4. The standard InChI is InChI=1S/C76H148O17P2/c1-6-10-13-16-18-20-22-24-26-27-28-29-30-31-32-33-35-37-43-47-52-57-62-76(81)93-72(66-87-74(79)60-55-50-45-41-39-38-40-44-49-53-58-69(5)9-4)68-91-95(84,85)89-64-70(77)63-88-94(82,83)90-67-71(65-86-73(78)59-54-48-15-12-8-3)92-75(80)61-56-51-46-42-36-34-25-23-21-19-17-14-11-7-2/h69-72,77H,6-68H2,1-5H3,(H,82,83)(H,84,85)/t69?,70-,71+,72+/m0/s1. The third-order valence-corrected chi connectivity index (χ3v) is 20.0. The van der Waals surface area contributed by atoms with Crippen molar-refractivity contribution >= 4 is 39.5 Å². The van der Waals surface area contributed by atoms with Crippen molar-refractivity contribution in [3.05, 3.63) is 0 Å². The minimum atomic E-state index is -4.95. The molecular weight excluding hydrogens is 1250 g/mol. The maximum absolute atomic E-state index is 13.1. The fourth-order valence-corrected chi connectivity index (χ4v) is 13.3. The number of hydrogen-bond acceptors (Lipinski definition) is 15. The Morgan fingerprint density at radius 1 is 0.295 bits per heavy atom. The number of unbranched alkanes of at least 4 members (excludes halogenated alkanes) is 47. The molecular formula is C76H148O17P2. The Balaban J connectivity index is 5.10. The van der Waals surface area contributed by atoms with E-state index in [2.05, 4.69) is 34.6 Å². The first-order valence-electron chi connectivity index (χ1n) is 39.7. The minimum absolute atomic E-state index is 0.107. The van der Waals surface area contributed by atoms with Crippen molar-refractivity contribution in [1.29, 1.82) is 0 Å². The van der Waals surface area contributed by atoms with E-state index in [1.807, 2.05) is 0 Å². The zero-order valence-electron chi connectivity index (χ0n) is 61.8. The molecule has 564 valence electrons. The average Bonchev–Trinajstić information content (AvgIpc) is 2.01. The molecule has 0 aliphatic heterocycles. The molecule has 0 saturated carbocycles. The van der Waals surface area contributed by atoms with Crippen LogP contribution in [0.1, 0.15) is 401 Å². The summed E-state index contributed by atoms with van der Waals surface area (Å²) in [5.74, 6) is -1.32. The molecule has 0 aromatic carbocycles. The highest BCUT2D eigenvalue weighted by atomic mass is 31.2. The molecule has 19 heteroatoms. The van der Waals surface area contributed by atoms with Crippen LogP contribution in [-0.2, 0) is 65.4 Å². The molecule has 0 aromatic rings. The number of hydrogen-bond donors (Lipinski definition) is 3. The second-order valence-electron chi connectivity index (χ2n) is 27.6. The molecule has 0 amide bonds. The van der Waals surface area contributed by atoms with Crippen molar-refractivity contribution in [2.24, 2.45) is 5.92 Å². The Labute approximate surface area is 581 Å². The lowest BCUT2D eigenvalue weighted by Gasteiger charge is -2.21. The number of carbonyl (C=O) groups is 4. The van der Waals surface area contributed by atoms with E-state index in [0.717, 1.165) is 102 Å². The molecule has 0 aliphatic carbocycles. The first-order valence-corrected chi connectivity index (χ1v) is 42.7. The number of rotatable bonds is 76. The van der Waals surface area contributed by atoms with E-state index in [1.165, 1.54) is 218 Å². The summed E-state index contributed by atoms with van der Waals surface area (Å²) in [5.41, 5.74) is 0. The molecule has 0 bridgehead atoms. The van der Waals surface area contributed by atoms with Gasteiger partial charge in [-0.25, -0.2) is 9.13 Å². The van der Waals surface area contributed by atoms with Crippen LogP contribution in [-0.4, -0.2) is 96.7 Å². The fourth-order valence-electron chi connectivity index (χ4n) is 11.7. The van der Waals surface area contributed by atoms with Gasteiger partial charge in [0.05, 0.1) is 26.4 Å². The lowest BCUT2D eigenvalue weighted by atomic mass is 9.99. The highest BCUT2D eigenvalue weighted by molar-refractivity contribution is 7.47. The largest absolute Gasteiger partial charge is 0.472 e. The van der Waals surface area contributed by atoms with Gasteiger partial charge in [0.15, 0.2) is 12.2 Å². The van der Waals surface area contributed by atoms with E-state index >= 15 is 0 Å². The minimum Gasteiger partial charge on any atom is -0.462 e. The molecule has 0 aromatic heterocycles. The van der Waals surface area contributed by atoms with Crippen molar-refractivity contribution in [3.63, 3.8) is 0 Å². The molecule has 0 aliphatic rings.